The van der Waals surface area contributed by atoms with Gasteiger partial charge < -0.3 is 24.4 Å². The molecule has 0 aromatic heterocycles. The number of hydrogen-bond acceptors (Lipinski definition) is 7. The fraction of sp³-hybridized carbons (Fsp3) is 0.513. The predicted octanol–water partition coefficient (Wildman–Crippen LogP) is 7.21. The van der Waals surface area contributed by atoms with E-state index in [1.54, 1.807) is 19.1 Å². The van der Waals surface area contributed by atoms with Crippen molar-refractivity contribution in [1.29, 1.82) is 0 Å². The lowest BCUT2D eigenvalue weighted by Crippen LogP contribution is -2.46. The van der Waals surface area contributed by atoms with Gasteiger partial charge in [-0.05, 0) is 87.5 Å². The molecule has 7 nitrogen and oxygen atoms in total. The van der Waals surface area contributed by atoms with Crippen molar-refractivity contribution >= 4 is 11.9 Å². The number of rotatable bonds is 8. The Balaban J connectivity index is 1.35. The quantitative estimate of drug-likeness (QED) is 0.126. The molecule has 0 bridgehead atoms. The number of allylic oxidation sites excluding steroid dienone is 10. The van der Waals surface area contributed by atoms with Gasteiger partial charge in [-0.15, -0.1) is 5.73 Å². The first-order valence-electron chi connectivity index (χ1n) is 16.1. The first-order chi connectivity index (χ1) is 21.3. The fourth-order valence-electron chi connectivity index (χ4n) is 7.61. The summed E-state index contributed by atoms with van der Waals surface area (Å²) in [6.45, 7) is 17.3. The molecule has 0 amide bonds. The summed E-state index contributed by atoms with van der Waals surface area (Å²) in [6.07, 6.45) is 22.3. The van der Waals surface area contributed by atoms with E-state index in [0.29, 0.717) is 37.0 Å². The molecule has 0 radical (unpaired) electrons. The number of ether oxygens (including phenoxy) is 3. The van der Waals surface area contributed by atoms with Gasteiger partial charge in [0.1, 0.15) is 23.1 Å². The molecule has 2 saturated carbocycles. The number of hydrogen-bond donors (Lipinski definition) is 2. The average molecular weight is 631 g/mol. The molecule has 46 heavy (non-hydrogen) atoms. The van der Waals surface area contributed by atoms with Crippen LogP contribution in [-0.2, 0) is 23.8 Å². The highest BCUT2D eigenvalue weighted by Crippen LogP contribution is 2.66. The predicted molar refractivity (Wildman–Crippen MR) is 179 cm³/mol. The van der Waals surface area contributed by atoms with Crippen LogP contribution in [0.1, 0.15) is 88.0 Å². The lowest BCUT2D eigenvalue weighted by molar-refractivity contribution is -0.152. The summed E-state index contributed by atoms with van der Waals surface area (Å²) in [5.41, 5.74) is 3.82. The third kappa shape index (κ3) is 7.72. The van der Waals surface area contributed by atoms with Gasteiger partial charge >= 0.3 is 11.9 Å². The molecule has 1 saturated heterocycles. The number of epoxide rings is 1. The monoisotopic (exact) mass is 630 g/mol. The van der Waals surface area contributed by atoms with E-state index < -0.39 is 22.8 Å². The molecule has 2 aliphatic heterocycles. The van der Waals surface area contributed by atoms with Crippen LogP contribution in [0.4, 0.5) is 0 Å². The minimum atomic E-state index is -1.12. The smallest absolute Gasteiger partial charge is 0.343 e. The maximum atomic E-state index is 12.5. The Morgan fingerprint density at radius 2 is 1.61 bits per heavy atom. The Hall–Kier alpha value is -3.48. The van der Waals surface area contributed by atoms with Crippen molar-refractivity contribution in [3.05, 3.63) is 101 Å². The summed E-state index contributed by atoms with van der Waals surface area (Å²) < 4.78 is 17.1. The molecule has 5 atom stereocenters. The van der Waals surface area contributed by atoms with Crippen LogP contribution in [0.15, 0.2) is 101 Å². The van der Waals surface area contributed by atoms with Crippen molar-refractivity contribution in [3.63, 3.8) is 0 Å². The zero-order chi connectivity index (χ0) is 34.1. The second kappa shape index (κ2) is 13.0. The lowest BCUT2D eigenvalue weighted by Gasteiger charge is -2.44. The number of esters is 2. The van der Waals surface area contributed by atoms with Gasteiger partial charge in [-0.3, -0.25) is 4.79 Å². The Morgan fingerprint density at radius 1 is 0.957 bits per heavy atom. The standard InChI is InChI=1S/C39H50O7/c1-26(16-17-33-35(4,5)24-32(44-28(3)40)25-37(33,8)43)14-12-10-11-13-15-27(2)20-31-21-29(34(42)45-31)18-19-39-36(6,7)22-30(41)23-38(39,9)46-39/h10-16,18-21,30,32,41,43H,22-25H2,1-9H3/b12-10-,13-11+,19-18+,26-14+,27-15+,31-20-/t17?,30-,32-,37+,38+,39-/m0/s1. The summed E-state index contributed by atoms with van der Waals surface area (Å²) in [4.78, 5) is 24.0. The van der Waals surface area contributed by atoms with Crippen molar-refractivity contribution < 1.29 is 34.0 Å². The van der Waals surface area contributed by atoms with Gasteiger partial charge in [0.25, 0.3) is 0 Å². The zero-order valence-corrected chi connectivity index (χ0v) is 28.8. The second-order valence-corrected chi connectivity index (χ2v) is 14.9. The molecule has 0 unspecified atom stereocenters. The number of aliphatic hydroxyl groups excluding tert-OH is 1. The van der Waals surface area contributed by atoms with E-state index >= 15 is 0 Å². The number of carbonyl (C=O) groups excluding carboxylic acids is 2. The van der Waals surface area contributed by atoms with Crippen LogP contribution in [0.25, 0.3) is 0 Å². The highest BCUT2D eigenvalue weighted by molar-refractivity contribution is 5.95. The molecular formula is C39H50O7. The molecule has 7 heteroatoms. The summed E-state index contributed by atoms with van der Waals surface area (Å²) in [5, 5.41) is 21.4. The molecule has 3 fully saturated rings. The Labute approximate surface area is 274 Å². The van der Waals surface area contributed by atoms with E-state index in [2.05, 4.69) is 19.6 Å². The Bertz CT molecular complexity index is 1510. The molecular weight excluding hydrogens is 580 g/mol. The number of cyclic esters (lactones) is 1. The molecule has 4 rings (SSSR count). The van der Waals surface area contributed by atoms with Crippen molar-refractivity contribution in [1.82, 2.24) is 0 Å². The Kier molecular flexibility index (Phi) is 9.97. The third-order valence-electron chi connectivity index (χ3n) is 9.53. The normalized spacial score (nSPS) is 34.9. The molecule has 248 valence electrons. The van der Waals surface area contributed by atoms with E-state index in [0.717, 1.165) is 16.7 Å². The van der Waals surface area contributed by atoms with Gasteiger partial charge in [0.2, 0.25) is 0 Å². The van der Waals surface area contributed by atoms with Gasteiger partial charge in [-0.25, -0.2) is 4.79 Å². The second-order valence-electron chi connectivity index (χ2n) is 14.9. The van der Waals surface area contributed by atoms with Crippen LogP contribution >= 0.6 is 0 Å². The van der Waals surface area contributed by atoms with Gasteiger partial charge in [0.05, 0.1) is 17.3 Å². The zero-order valence-electron chi connectivity index (χ0n) is 28.8. The van der Waals surface area contributed by atoms with E-state index in [-0.39, 0.29) is 29.0 Å². The highest BCUT2D eigenvalue weighted by atomic mass is 16.6. The van der Waals surface area contributed by atoms with E-state index in [1.165, 1.54) is 6.92 Å². The topological polar surface area (TPSA) is 106 Å². The lowest BCUT2D eigenvalue weighted by atomic mass is 9.63. The van der Waals surface area contributed by atoms with Crippen LogP contribution in [0.2, 0.25) is 0 Å². The van der Waals surface area contributed by atoms with Crippen LogP contribution < -0.4 is 0 Å². The summed E-state index contributed by atoms with van der Waals surface area (Å²) >= 11 is 0. The first kappa shape index (κ1) is 35.4. The van der Waals surface area contributed by atoms with Crippen molar-refractivity contribution in [3.8, 4) is 0 Å². The molecule has 0 aromatic rings. The fourth-order valence-corrected chi connectivity index (χ4v) is 7.61. The summed E-state index contributed by atoms with van der Waals surface area (Å²) in [6, 6.07) is 0. The van der Waals surface area contributed by atoms with E-state index in [9.17, 15) is 19.8 Å². The van der Waals surface area contributed by atoms with Crippen LogP contribution in [0, 0.1) is 10.8 Å². The Morgan fingerprint density at radius 3 is 2.22 bits per heavy atom. The van der Waals surface area contributed by atoms with Crippen molar-refractivity contribution in [2.45, 2.75) is 117 Å². The van der Waals surface area contributed by atoms with Crippen LogP contribution in [0.5, 0.6) is 0 Å². The number of aliphatic hydroxyl groups is 2. The third-order valence-corrected chi connectivity index (χ3v) is 9.53. The van der Waals surface area contributed by atoms with Crippen molar-refractivity contribution in [2.75, 3.05) is 0 Å². The maximum absolute atomic E-state index is 12.5. The molecule has 2 N–H and O–H groups in total. The van der Waals surface area contributed by atoms with Gasteiger partial charge in [-0.2, -0.15) is 0 Å². The largest absolute Gasteiger partial charge is 0.462 e. The number of fused-ring (bicyclic) bond motifs is 1. The van der Waals surface area contributed by atoms with Crippen molar-refractivity contribution in [2.24, 2.45) is 10.8 Å². The minimum absolute atomic E-state index is 0.256. The summed E-state index contributed by atoms with van der Waals surface area (Å²) in [5.74, 6) is -0.242. The highest BCUT2D eigenvalue weighted by Gasteiger charge is 2.74. The summed E-state index contributed by atoms with van der Waals surface area (Å²) in [7, 11) is 0. The molecule has 2 heterocycles. The minimum Gasteiger partial charge on any atom is -0.462 e. The van der Waals surface area contributed by atoms with Crippen LogP contribution in [0.3, 0.4) is 0 Å². The molecule has 2 aliphatic carbocycles. The van der Waals surface area contributed by atoms with E-state index in [4.69, 9.17) is 14.2 Å². The molecule has 0 aromatic carbocycles. The molecule has 4 aliphatic rings. The van der Waals surface area contributed by atoms with Crippen LogP contribution in [-0.4, -0.2) is 51.2 Å². The average Bonchev–Trinajstić information content (AvgIpc) is 3.36. The van der Waals surface area contributed by atoms with Gasteiger partial charge in [-0.1, -0.05) is 64.2 Å². The number of carbonyl (C=O) groups is 2. The first-order valence-corrected chi connectivity index (χ1v) is 16.1. The molecule has 0 spiro atoms. The maximum Gasteiger partial charge on any atom is 0.343 e. The van der Waals surface area contributed by atoms with Gasteiger partial charge in [0, 0.05) is 30.8 Å². The SMILES string of the molecule is CC(=O)O[C@H]1CC(C)(C)C(=C=C/C(C)=C/C=C\C=C\C=C(C)\C=C2C=C(/C=C/[C@@]34O[C@]3(C)C[C@@H](O)CC4(C)C)C(=O)O\2)[C@](C)(O)C1. The van der Waals surface area contributed by atoms with Gasteiger partial charge in [0.15, 0.2) is 0 Å². The van der Waals surface area contributed by atoms with E-state index in [1.807, 2.05) is 89.3 Å².